The molecular weight excluding hydrogens is 324 g/mol. The molecule has 0 spiro atoms. The predicted octanol–water partition coefficient (Wildman–Crippen LogP) is 1.52. The van der Waals surface area contributed by atoms with E-state index in [0.717, 1.165) is 10.0 Å². The lowest BCUT2D eigenvalue weighted by atomic mass is 9.72. The third-order valence-corrected chi connectivity index (χ3v) is 4.48. The predicted molar refractivity (Wildman–Crippen MR) is 76.2 cm³/mol. The van der Waals surface area contributed by atoms with Crippen molar-refractivity contribution in [1.82, 2.24) is 10.6 Å². The molecule has 4 rings (SSSR count). The highest BCUT2D eigenvalue weighted by molar-refractivity contribution is 9.10. The Balaban J connectivity index is 2.08. The van der Waals surface area contributed by atoms with E-state index in [2.05, 4.69) is 26.6 Å². The summed E-state index contributed by atoms with van der Waals surface area (Å²) in [5.41, 5.74) is 0.212. The lowest BCUT2D eigenvalue weighted by Gasteiger charge is -2.48. The van der Waals surface area contributed by atoms with Crippen LogP contribution in [0.1, 0.15) is 24.8 Å². The molecule has 1 aromatic rings. The van der Waals surface area contributed by atoms with Crippen LogP contribution < -0.4 is 15.4 Å². The van der Waals surface area contributed by atoms with Gasteiger partial charge < -0.3 is 15.4 Å². The molecule has 1 unspecified atom stereocenters. The lowest BCUT2D eigenvalue weighted by Crippen LogP contribution is -2.72. The molecule has 3 fully saturated rings. The molecular formula is C14H15BrN2O3. The Morgan fingerprint density at radius 3 is 2.50 bits per heavy atom. The zero-order chi connectivity index (χ0) is 14.5. The highest BCUT2D eigenvalue weighted by Crippen LogP contribution is 2.44. The lowest BCUT2D eigenvalue weighted by molar-refractivity contribution is -0.149. The number of rotatable bonds is 2. The number of methoxy groups -OCH3 is 1. The highest BCUT2D eigenvalue weighted by Gasteiger charge is 2.53. The van der Waals surface area contributed by atoms with Crippen LogP contribution >= 0.6 is 15.9 Å². The molecule has 2 N–H and O–H groups in total. The van der Waals surface area contributed by atoms with Gasteiger partial charge in [0.15, 0.2) is 0 Å². The summed E-state index contributed by atoms with van der Waals surface area (Å²) < 4.78 is 6.28. The number of fused-ring (bicyclic) bond motifs is 3. The number of amides is 2. The topological polar surface area (TPSA) is 67.4 Å². The van der Waals surface area contributed by atoms with E-state index in [-0.39, 0.29) is 17.7 Å². The van der Waals surface area contributed by atoms with Gasteiger partial charge in [0.1, 0.15) is 17.3 Å². The first-order chi connectivity index (χ1) is 9.43. The summed E-state index contributed by atoms with van der Waals surface area (Å²) in [6.45, 7) is 1.83. The molecule has 1 aromatic carbocycles. The zero-order valence-corrected chi connectivity index (χ0v) is 12.8. The number of benzene rings is 1. The molecule has 3 aliphatic heterocycles. The molecule has 3 saturated heterocycles. The molecule has 0 aliphatic carbocycles. The maximum Gasteiger partial charge on any atom is 0.235 e. The van der Waals surface area contributed by atoms with Gasteiger partial charge in [-0.15, -0.1) is 0 Å². The summed E-state index contributed by atoms with van der Waals surface area (Å²) in [6.07, 6.45) is 0.655. The van der Waals surface area contributed by atoms with Gasteiger partial charge in [0.05, 0.1) is 7.11 Å². The quantitative estimate of drug-likeness (QED) is 0.803. The fraction of sp³-hybridized carbons (Fsp3) is 0.429. The van der Waals surface area contributed by atoms with Crippen LogP contribution in [0, 0.1) is 5.92 Å². The number of carbonyl (C=O) groups excluding carboxylic acids is 2. The van der Waals surface area contributed by atoms with Crippen LogP contribution in [-0.4, -0.2) is 24.6 Å². The van der Waals surface area contributed by atoms with Crippen molar-refractivity contribution in [2.45, 2.75) is 24.9 Å². The van der Waals surface area contributed by atoms with Crippen molar-refractivity contribution < 1.29 is 14.3 Å². The maximum absolute atomic E-state index is 12.1. The number of hydrogen-bond donors (Lipinski definition) is 2. The van der Waals surface area contributed by atoms with Crippen LogP contribution in [-0.2, 0) is 9.59 Å². The van der Waals surface area contributed by atoms with Crippen molar-refractivity contribution in [3.63, 3.8) is 0 Å². The molecule has 106 valence electrons. The van der Waals surface area contributed by atoms with Crippen LogP contribution in [0.15, 0.2) is 22.7 Å². The van der Waals surface area contributed by atoms with Gasteiger partial charge in [0, 0.05) is 10.4 Å². The third kappa shape index (κ3) is 1.98. The van der Waals surface area contributed by atoms with Crippen molar-refractivity contribution >= 4 is 27.7 Å². The molecule has 20 heavy (non-hydrogen) atoms. The van der Waals surface area contributed by atoms with Crippen LogP contribution in [0.4, 0.5) is 0 Å². The summed E-state index contributed by atoms with van der Waals surface area (Å²) in [7, 11) is 1.59. The van der Waals surface area contributed by atoms with E-state index in [1.165, 1.54) is 0 Å². The van der Waals surface area contributed by atoms with Crippen molar-refractivity contribution in [2.75, 3.05) is 7.11 Å². The number of hydrogen-bond acceptors (Lipinski definition) is 3. The van der Waals surface area contributed by atoms with Gasteiger partial charge in [-0.2, -0.15) is 0 Å². The number of carbonyl (C=O) groups is 2. The summed E-state index contributed by atoms with van der Waals surface area (Å²) in [6, 6.07) is 5.65. The molecule has 0 aromatic heterocycles. The highest BCUT2D eigenvalue weighted by atomic mass is 79.9. The second kappa shape index (κ2) is 4.48. The van der Waals surface area contributed by atoms with Gasteiger partial charge in [-0.1, -0.05) is 15.9 Å². The molecule has 0 saturated carbocycles. The number of nitrogens with one attached hydrogen (secondary N) is 2. The fourth-order valence-electron chi connectivity index (χ4n) is 3.16. The van der Waals surface area contributed by atoms with Gasteiger partial charge in [-0.05, 0) is 37.1 Å². The summed E-state index contributed by atoms with van der Waals surface area (Å²) >= 11 is 3.43. The monoisotopic (exact) mass is 338 g/mol. The Morgan fingerprint density at radius 1 is 1.30 bits per heavy atom. The van der Waals surface area contributed by atoms with E-state index in [4.69, 9.17) is 4.74 Å². The van der Waals surface area contributed by atoms with E-state index in [1.54, 1.807) is 7.11 Å². The van der Waals surface area contributed by atoms with E-state index in [1.807, 2.05) is 25.1 Å². The molecule has 3 aliphatic rings. The SMILES string of the molecule is COc1ccc(Br)cc1C1CC2(C)NC(=O)C1C(=O)N2. The van der Waals surface area contributed by atoms with E-state index >= 15 is 0 Å². The van der Waals surface area contributed by atoms with Gasteiger partial charge in [0.25, 0.3) is 0 Å². The molecule has 2 bridgehead atoms. The standard InChI is InChI=1S/C14H15BrN2O3/c1-14-6-9(11(12(18)16-14)13(19)17-14)8-5-7(15)3-4-10(8)20-2/h3-5,9,11H,6H2,1-2H3,(H,16,18)(H,17,19). The summed E-state index contributed by atoms with van der Waals surface area (Å²) in [5.74, 6) is -0.589. The minimum Gasteiger partial charge on any atom is -0.496 e. The number of piperidine rings is 2. The molecule has 1 atom stereocenters. The normalized spacial score (nSPS) is 31.8. The Kier molecular flexibility index (Phi) is 3.01. The van der Waals surface area contributed by atoms with Gasteiger partial charge in [-0.25, -0.2) is 0 Å². The molecule has 0 radical (unpaired) electrons. The summed E-state index contributed by atoms with van der Waals surface area (Å²) in [5, 5.41) is 5.70. The second-order valence-electron chi connectivity index (χ2n) is 5.49. The van der Waals surface area contributed by atoms with Crippen LogP contribution in [0.2, 0.25) is 0 Å². The van der Waals surface area contributed by atoms with Crippen molar-refractivity contribution in [3.8, 4) is 5.75 Å². The van der Waals surface area contributed by atoms with Crippen LogP contribution in [0.5, 0.6) is 5.75 Å². The summed E-state index contributed by atoms with van der Waals surface area (Å²) in [4.78, 5) is 24.2. The fourth-order valence-corrected chi connectivity index (χ4v) is 3.54. The number of ether oxygens (including phenoxy) is 1. The molecule has 6 heteroatoms. The van der Waals surface area contributed by atoms with E-state index in [0.29, 0.717) is 12.2 Å². The molecule has 2 amide bonds. The number of halogens is 1. The third-order valence-electron chi connectivity index (χ3n) is 3.98. The first kappa shape index (κ1) is 13.4. The Hall–Kier alpha value is -1.56. The van der Waals surface area contributed by atoms with Gasteiger partial charge in [0.2, 0.25) is 11.8 Å². The van der Waals surface area contributed by atoms with Gasteiger partial charge >= 0.3 is 0 Å². The second-order valence-corrected chi connectivity index (χ2v) is 6.40. The molecule has 5 nitrogen and oxygen atoms in total. The minimum absolute atomic E-state index is 0.171. The van der Waals surface area contributed by atoms with Crippen LogP contribution in [0.25, 0.3) is 0 Å². The average Bonchev–Trinajstić information content (AvgIpc) is 2.36. The first-order valence-electron chi connectivity index (χ1n) is 6.41. The van der Waals surface area contributed by atoms with E-state index in [9.17, 15) is 9.59 Å². The first-order valence-corrected chi connectivity index (χ1v) is 7.20. The average molecular weight is 339 g/mol. The molecule has 3 heterocycles. The maximum atomic E-state index is 12.1. The van der Waals surface area contributed by atoms with Crippen molar-refractivity contribution in [2.24, 2.45) is 5.92 Å². The Bertz CT molecular complexity index is 584. The minimum atomic E-state index is -0.694. The van der Waals surface area contributed by atoms with E-state index < -0.39 is 11.6 Å². The van der Waals surface area contributed by atoms with Gasteiger partial charge in [-0.3, -0.25) is 9.59 Å². The van der Waals surface area contributed by atoms with Crippen molar-refractivity contribution in [1.29, 1.82) is 0 Å². The zero-order valence-electron chi connectivity index (χ0n) is 11.2. The van der Waals surface area contributed by atoms with Crippen LogP contribution in [0.3, 0.4) is 0 Å². The Labute approximate surface area is 125 Å². The van der Waals surface area contributed by atoms with Crippen molar-refractivity contribution in [3.05, 3.63) is 28.2 Å². The smallest absolute Gasteiger partial charge is 0.235 e. The largest absolute Gasteiger partial charge is 0.496 e. The Morgan fingerprint density at radius 2 is 1.95 bits per heavy atom.